The number of carbonyl (C=O) groups excluding carboxylic acids is 2. The molecule has 2 fully saturated rings. The van der Waals surface area contributed by atoms with Crippen molar-refractivity contribution >= 4 is 28.9 Å². The van der Waals surface area contributed by atoms with Crippen molar-refractivity contribution in [1.82, 2.24) is 4.90 Å². The quantitative estimate of drug-likeness (QED) is 0.333. The fourth-order valence-electron chi connectivity index (χ4n) is 6.05. The molecule has 0 radical (unpaired) electrons. The standard InChI is InChI=1S/C33H40FN5O2/c1-33(2,3)30(36)32(41)38-19-5-8-29(38)31(40)37-25-15-11-22(12-16-25)28-18-17-27(21-9-13-24(35)14-10-21)39(28)26-7-4-6-23(34)20-26/h4,6-7,9-16,20,27-30H,5,8,17-19,35-36H2,1-3H3,(H,37,40)/t27?,28?,29-,30+/m0/s1. The van der Waals surface area contributed by atoms with Gasteiger partial charge in [-0.3, -0.25) is 9.59 Å². The maximum atomic E-state index is 14.3. The second-order valence-electron chi connectivity index (χ2n) is 12.3. The number of carbonyl (C=O) groups is 2. The van der Waals surface area contributed by atoms with Crippen LogP contribution in [0, 0.1) is 11.2 Å². The van der Waals surface area contributed by atoms with E-state index in [1.165, 1.54) is 6.07 Å². The molecule has 3 aromatic carbocycles. The monoisotopic (exact) mass is 557 g/mol. The first-order valence-electron chi connectivity index (χ1n) is 14.4. The van der Waals surface area contributed by atoms with Crippen LogP contribution in [0.4, 0.5) is 21.5 Å². The number of hydrogen-bond acceptors (Lipinski definition) is 5. The first kappa shape index (κ1) is 28.6. The summed E-state index contributed by atoms with van der Waals surface area (Å²) in [5.74, 6) is -0.652. The predicted octanol–water partition coefficient (Wildman–Crippen LogP) is 5.79. The number of nitrogen functional groups attached to an aromatic ring is 1. The Morgan fingerprint density at radius 1 is 0.927 bits per heavy atom. The molecule has 0 aliphatic carbocycles. The van der Waals surface area contributed by atoms with E-state index in [9.17, 15) is 14.0 Å². The van der Waals surface area contributed by atoms with E-state index < -0.39 is 12.1 Å². The molecule has 0 saturated carbocycles. The van der Waals surface area contributed by atoms with Gasteiger partial charge in [-0.15, -0.1) is 0 Å². The maximum Gasteiger partial charge on any atom is 0.247 e. The van der Waals surface area contributed by atoms with E-state index in [1.54, 1.807) is 17.0 Å². The summed E-state index contributed by atoms with van der Waals surface area (Å²) in [6.07, 6.45) is 3.19. The van der Waals surface area contributed by atoms with Gasteiger partial charge in [-0.25, -0.2) is 4.39 Å². The van der Waals surface area contributed by atoms with Gasteiger partial charge >= 0.3 is 0 Å². The molecule has 0 bridgehead atoms. The van der Waals surface area contributed by atoms with E-state index in [4.69, 9.17) is 11.5 Å². The Bertz CT molecular complexity index is 1390. The highest BCUT2D eigenvalue weighted by atomic mass is 19.1. The molecule has 7 nitrogen and oxygen atoms in total. The molecular formula is C33H40FN5O2. The van der Waals surface area contributed by atoms with Crippen LogP contribution >= 0.6 is 0 Å². The van der Waals surface area contributed by atoms with Crippen molar-refractivity contribution in [2.24, 2.45) is 11.1 Å². The molecule has 0 spiro atoms. The van der Waals surface area contributed by atoms with Crippen LogP contribution in [0.3, 0.4) is 0 Å². The molecule has 2 saturated heterocycles. The fourth-order valence-corrected chi connectivity index (χ4v) is 6.05. The first-order valence-corrected chi connectivity index (χ1v) is 14.4. The average molecular weight is 558 g/mol. The van der Waals surface area contributed by atoms with E-state index in [0.717, 1.165) is 36.1 Å². The summed E-state index contributed by atoms with van der Waals surface area (Å²) in [5.41, 5.74) is 16.2. The van der Waals surface area contributed by atoms with E-state index in [0.29, 0.717) is 24.3 Å². The van der Waals surface area contributed by atoms with Gasteiger partial charge in [0, 0.05) is 23.6 Å². The van der Waals surface area contributed by atoms with Crippen molar-refractivity contribution in [3.63, 3.8) is 0 Å². The number of rotatable bonds is 6. The topological polar surface area (TPSA) is 105 Å². The molecule has 2 unspecified atom stereocenters. The van der Waals surface area contributed by atoms with Gasteiger partial charge in [0.25, 0.3) is 0 Å². The van der Waals surface area contributed by atoms with Crippen molar-refractivity contribution in [1.29, 1.82) is 0 Å². The van der Waals surface area contributed by atoms with Crippen LogP contribution in [0.2, 0.25) is 0 Å². The Hall–Kier alpha value is -3.91. The average Bonchev–Trinajstić information content (AvgIpc) is 3.61. The molecule has 2 aliphatic rings. The maximum absolute atomic E-state index is 14.3. The second-order valence-corrected chi connectivity index (χ2v) is 12.3. The van der Waals surface area contributed by atoms with Crippen LogP contribution in [0.15, 0.2) is 72.8 Å². The third-order valence-corrected chi connectivity index (χ3v) is 8.41. The minimum atomic E-state index is -0.667. The highest BCUT2D eigenvalue weighted by Gasteiger charge is 2.40. The van der Waals surface area contributed by atoms with Crippen molar-refractivity contribution in [3.05, 3.63) is 89.7 Å². The Balaban J connectivity index is 1.33. The van der Waals surface area contributed by atoms with E-state index >= 15 is 0 Å². The fraction of sp³-hybridized carbons (Fsp3) is 0.394. The third kappa shape index (κ3) is 6.07. The van der Waals surface area contributed by atoms with Crippen LogP contribution in [-0.2, 0) is 9.59 Å². The van der Waals surface area contributed by atoms with Crippen LogP contribution < -0.4 is 21.7 Å². The zero-order valence-corrected chi connectivity index (χ0v) is 24.0. The van der Waals surface area contributed by atoms with Gasteiger partial charge in [-0.05, 0) is 84.7 Å². The highest BCUT2D eigenvalue weighted by molar-refractivity contribution is 5.98. The van der Waals surface area contributed by atoms with E-state index in [2.05, 4.69) is 10.2 Å². The Labute approximate surface area is 241 Å². The van der Waals surface area contributed by atoms with Gasteiger partial charge in [-0.1, -0.05) is 51.1 Å². The number of hydrogen-bond donors (Lipinski definition) is 3. The molecule has 216 valence electrons. The number of benzene rings is 3. The number of nitrogens with one attached hydrogen (secondary N) is 1. The Morgan fingerprint density at radius 2 is 1.54 bits per heavy atom. The molecule has 2 amide bonds. The SMILES string of the molecule is CC(C)(C)[C@H](N)C(=O)N1CCC[C@H]1C(=O)Nc1ccc(C2CCC(c3ccc(N)cc3)N2c2cccc(F)c2)cc1. The molecule has 8 heteroatoms. The van der Waals surface area contributed by atoms with Crippen LogP contribution in [0.1, 0.15) is 69.7 Å². The molecule has 5 N–H and O–H groups in total. The number of halogens is 1. The number of nitrogens with two attached hydrogens (primary N) is 2. The molecule has 4 atom stereocenters. The third-order valence-electron chi connectivity index (χ3n) is 8.41. The molecule has 2 heterocycles. The van der Waals surface area contributed by atoms with Gasteiger partial charge in [-0.2, -0.15) is 0 Å². The van der Waals surface area contributed by atoms with Gasteiger partial charge in [0.05, 0.1) is 18.1 Å². The summed E-state index contributed by atoms with van der Waals surface area (Å²) in [4.78, 5) is 30.2. The van der Waals surface area contributed by atoms with Gasteiger partial charge in [0.2, 0.25) is 11.8 Å². The summed E-state index contributed by atoms with van der Waals surface area (Å²) in [6.45, 7) is 6.33. The zero-order valence-electron chi connectivity index (χ0n) is 24.0. The number of nitrogens with zero attached hydrogens (tertiary/aromatic N) is 2. The first-order chi connectivity index (χ1) is 19.5. The van der Waals surface area contributed by atoms with Crippen molar-refractivity contribution in [2.75, 3.05) is 22.5 Å². The minimum absolute atomic E-state index is 0.0333. The summed E-state index contributed by atoms with van der Waals surface area (Å²) in [7, 11) is 0. The molecule has 5 rings (SSSR count). The van der Waals surface area contributed by atoms with Crippen molar-refractivity contribution in [3.8, 4) is 0 Å². The van der Waals surface area contributed by atoms with Crippen LogP contribution in [0.25, 0.3) is 0 Å². The van der Waals surface area contributed by atoms with Crippen molar-refractivity contribution in [2.45, 2.75) is 70.6 Å². The summed E-state index contributed by atoms with van der Waals surface area (Å²) < 4.78 is 14.3. The molecule has 41 heavy (non-hydrogen) atoms. The minimum Gasteiger partial charge on any atom is -0.399 e. The van der Waals surface area contributed by atoms with Crippen molar-refractivity contribution < 1.29 is 14.0 Å². The van der Waals surface area contributed by atoms with E-state index in [-0.39, 0.29) is 35.1 Å². The Morgan fingerprint density at radius 3 is 2.12 bits per heavy atom. The normalized spacial score (nSPS) is 21.6. The summed E-state index contributed by atoms with van der Waals surface area (Å²) in [6, 6.07) is 21.4. The van der Waals surface area contributed by atoms with Gasteiger partial charge in [0.1, 0.15) is 11.9 Å². The number of likely N-dealkylation sites (tertiary alicyclic amines) is 1. The zero-order chi connectivity index (χ0) is 29.3. The lowest BCUT2D eigenvalue weighted by molar-refractivity contribution is -0.139. The summed E-state index contributed by atoms with van der Waals surface area (Å²) in [5, 5.41) is 3.01. The smallest absolute Gasteiger partial charge is 0.247 e. The van der Waals surface area contributed by atoms with Gasteiger partial charge < -0.3 is 26.6 Å². The van der Waals surface area contributed by atoms with Crippen LogP contribution in [-0.4, -0.2) is 35.3 Å². The summed E-state index contributed by atoms with van der Waals surface area (Å²) >= 11 is 0. The highest BCUT2D eigenvalue weighted by Crippen LogP contribution is 2.47. The van der Waals surface area contributed by atoms with Crippen LogP contribution in [0.5, 0.6) is 0 Å². The van der Waals surface area contributed by atoms with E-state index in [1.807, 2.05) is 75.4 Å². The lowest BCUT2D eigenvalue weighted by Crippen LogP contribution is -2.54. The molecule has 2 aliphatic heterocycles. The lowest BCUT2D eigenvalue weighted by Gasteiger charge is -2.33. The lowest BCUT2D eigenvalue weighted by atomic mass is 9.86. The number of anilines is 3. The molecular weight excluding hydrogens is 517 g/mol. The number of amides is 2. The predicted molar refractivity (Wildman–Crippen MR) is 162 cm³/mol. The largest absolute Gasteiger partial charge is 0.399 e. The Kier molecular flexibility index (Phi) is 8.04. The van der Waals surface area contributed by atoms with Gasteiger partial charge in [0.15, 0.2) is 0 Å². The second kappa shape index (κ2) is 11.5. The molecule has 0 aromatic heterocycles. The molecule has 3 aromatic rings.